The molecule has 0 aliphatic heterocycles. The lowest BCUT2D eigenvalue weighted by atomic mass is 10.2. The molecule has 0 aromatic heterocycles. The fourth-order valence-corrected chi connectivity index (χ4v) is 4.47. The van der Waals surface area contributed by atoms with Gasteiger partial charge >= 0.3 is 0 Å². The lowest BCUT2D eigenvalue weighted by Crippen LogP contribution is -2.24. The van der Waals surface area contributed by atoms with Crippen LogP contribution < -0.4 is 15.4 Å². The number of halogens is 2. The first kappa shape index (κ1) is 24.0. The van der Waals surface area contributed by atoms with Crippen LogP contribution in [0.1, 0.15) is 23.7 Å². The maximum atomic E-state index is 12.8. The maximum Gasteiger partial charge on any atom is 0.255 e. The van der Waals surface area contributed by atoms with Crippen LogP contribution in [0.15, 0.2) is 71.6 Å². The maximum absolute atomic E-state index is 12.8. The monoisotopic (exact) mass is 488 g/mol. The molecular formula is C24H22Cl2N2O3S. The molecule has 2 amide bonds. The van der Waals surface area contributed by atoms with E-state index in [0.717, 1.165) is 4.90 Å². The zero-order chi connectivity index (χ0) is 23.1. The highest BCUT2D eigenvalue weighted by molar-refractivity contribution is 8.00. The van der Waals surface area contributed by atoms with E-state index in [1.807, 2.05) is 25.1 Å². The molecule has 0 saturated heterocycles. The molecule has 3 rings (SSSR count). The van der Waals surface area contributed by atoms with Crippen LogP contribution in [0.25, 0.3) is 0 Å². The summed E-state index contributed by atoms with van der Waals surface area (Å²) in [5, 5.41) is 6.32. The van der Waals surface area contributed by atoms with Crippen molar-refractivity contribution in [2.45, 2.75) is 23.5 Å². The van der Waals surface area contributed by atoms with Crippen LogP contribution in [-0.4, -0.2) is 24.2 Å². The lowest BCUT2D eigenvalue weighted by molar-refractivity contribution is -0.115. The third kappa shape index (κ3) is 6.66. The van der Waals surface area contributed by atoms with Crippen LogP contribution in [0.2, 0.25) is 10.0 Å². The average molecular weight is 489 g/mol. The first-order chi connectivity index (χ1) is 15.4. The molecule has 0 spiro atoms. The molecule has 1 atom stereocenters. The lowest BCUT2D eigenvalue weighted by Gasteiger charge is -2.16. The highest BCUT2D eigenvalue weighted by atomic mass is 35.5. The van der Waals surface area contributed by atoms with Gasteiger partial charge in [0.2, 0.25) is 5.91 Å². The highest BCUT2D eigenvalue weighted by Crippen LogP contribution is 2.30. The molecule has 3 aromatic carbocycles. The summed E-state index contributed by atoms with van der Waals surface area (Å²) < 4.78 is 5.12. The average Bonchev–Trinajstić information content (AvgIpc) is 2.77. The standard InChI is InChI=1S/C24H22Cl2N2O3S/c1-3-22(24(30)28-19-12-16(25)11-17(26)13-19)32-21-6-4-5-18(14-21)27-23(29)15-7-9-20(31-2)10-8-15/h4-14,22H,3H2,1-2H3,(H,27,29)(H,28,30). The summed E-state index contributed by atoms with van der Waals surface area (Å²) in [5.74, 6) is 0.310. The van der Waals surface area contributed by atoms with E-state index >= 15 is 0 Å². The van der Waals surface area contributed by atoms with Crippen LogP contribution >= 0.6 is 35.0 Å². The van der Waals surface area contributed by atoms with Gasteiger partial charge in [-0.3, -0.25) is 9.59 Å². The molecule has 0 aliphatic rings. The number of hydrogen-bond acceptors (Lipinski definition) is 4. The van der Waals surface area contributed by atoms with Gasteiger partial charge in [-0.25, -0.2) is 0 Å². The van der Waals surface area contributed by atoms with Crippen LogP contribution in [0.3, 0.4) is 0 Å². The van der Waals surface area contributed by atoms with Gasteiger partial charge in [0.15, 0.2) is 0 Å². The van der Waals surface area contributed by atoms with Crippen molar-refractivity contribution in [1.82, 2.24) is 0 Å². The van der Waals surface area contributed by atoms with E-state index in [4.69, 9.17) is 27.9 Å². The number of ether oxygens (including phenoxy) is 1. The fourth-order valence-electron chi connectivity index (χ4n) is 2.93. The molecule has 0 radical (unpaired) electrons. The quantitative estimate of drug-likeness (QED) is 0.343. The fraction of sp³-hybridized carbons (Fsp3) is 0.167. The Morgan fingerprint density at radius 3 is 2.25 bits per heavy atom. The van der Waals surface area contributed by atoms with Crippen molar-refractivity contribution in [2.24, 2.45) is 0 Å². The van der Waals surface area contributed by atoms with Crippen molar-refractivity contribution in [2.75, 3.05) is 17.7 Å². The first-order valence-corrected chi connectivity index (χ1v) is 11.5. The van der Waals surface area contributed by atoms with Crippen molar-refractivity contribution in [3.8, 4) is 5.75 Å². The Morgan fingerprint density at radius 2 is 1.62 bits per heavy atom. The summed E-state index contributed by atoms with van der Waals surface area (Å²) in [6.45, 7) is 1.94. The normalized spacial score (nSPS) is 11.5. The van der Waals surface area contributed by atoms with Crippen molar-refractivity contribution in [3.05, 3.63) is 82.3 Å². The second-order valence-corrected chi connectivity index (χ2v) is 9.02. The zero-order valence-electron chi connectivity index (χ0n) is 17.5. The Kier molecular flexibility index (Phi) is 8.45. The van der Waals surface area contributed by atoms with Gasteiger partial charge in [-0.05, 0) is 67.1 Å². The van der Waals surface area contributed by atoms with Crippen molar-refractivity contribution in [3.63, 3.8) is 0 Å². The number of thioether (sulfide) groups is 1. The van der Waals surface area contributed by atoms with Crippen LogP contribution in [0.4, 0.5) is 11.4 Å². The summed E-state index contributed by atoms with van der Waals surface area (Å²) in [6.07, 6.45) is 0.618. The Labute approximate surface area is 201 Å². The Balaban J connectivity index is 1.66. The van der Waals surface area contributed by atoms with E-state index in [0.29, 0.717) is 39.2 Å². The highest BCUT2D eigenvalue weighted by Gasteiger charge is 2.19. The van der Waals surface area contributed by atoms with Crippen LogP contribution in [0, 0.1) is 0 Å². The molecule has 166 valence electrons. The van der Waals surface area contributed by atoms with Gasteiger partial charge in [0, 0.05) is 31.9 Å². The second-order valence-electron chi connectivity index (χ2n) is 6.87. The molecule has 0 bridgehead atoms. The number of amides is 2. The number of methoxy groups -OCH3 is 1. The van der Waals surface area contributed by atoms with Gasteiger partial charge in [-0.1, -0.05) is 36.2 Å². The molecule has 0 saturated carbocycles. The summed E-state index contributed by atoms with van der Waals surface area (Å²) in [6, 6.07) is 19.2. The first-order valence-electron chi connectivity index (χ1n) is 9.87. The van der Waals surface area contributed by atoms with Gasteiger partial charge in [0.25, 0.3) is 5.91 Å². The largest absolute Gasteiger partial charge is 0.497 e. The number of nitrogens with one attached hydrogen (secondary N) is 2. The van der Waals surface area contributed by atoms with Crippen LogP contribution in [0.5, 0.6) is 5.75 Å². The third-order valence-corrected chi connectivity index (χ3v) is 6.31. The molecule has 5 nitrogen and oxygen atoms in total. The second kappa shape index (κ2) is 11.3. The molecule has 8 heteroatoms. The van der Waals surface area contributed by atoms with Gasteiger partial charge < -0.3 is 15.4 Å². The number of carbonyl (C=O) groups excluding carboxylic acids is 2. The van der Waals surface area contributed by atoms with Gasteiger partial charge in [-0.2, -0.15) is 0 Å². The van der Waals surface area contributed by atoms with E-state index in [1.54, 1.807) is 55.6 Å². The van der Waals surface area contributed by atoms with Crippen molar-refractivity contribution >= 4 is 58.2 Å². The molecule has 3 aromatic rings. The van der Waals surface area contributed by atoms with Gasteiger partial charge in [-0.15, -0.1) is 11.8 Å². The molecular weight excluding hydrogens is 467 g/mol. The van der Waals surface area contributed by atoms with E-state index < -0.39 is 0 Å². The van der Waals surface area contributed by atoms with Crippen LogP contribution in [-0.2, 0) is 4.79 Å². The van der Waals surface area contributed by atoms with E-state index in [9.17, 15) is 9.59 Å². The Hall–Kier alpha value is -2.67. The number of hydrogen-bond donors (Lipinski definition) is 2. The van der Waals surface area contributed by atoms with E-state index in [1.165, 1.54) is 11.8 Å². The summed E-state index contributed by atoms with van der Waals surface area (Å²) in [7, 11) is 1.58. The molecule has 0 heterocycles. The molecule has 0 fully saturated rings. The van der Waals surface area contributed by atoms with Gasteiger partial charge in [0.05, 0.1) is 12.4 Å². The van der Waals surface area contributed by atoms with Crippen molar-refractivity contribution < 1.29 is 14.3 Å². The number of anilines is 2. The topological polar surface area (TPSA) is 67.4 Å². The van der Waals surface area contributed by atoms with E-state index in [-0.39, 0.29) is 17.1 Å². The molecule has 2 N–H and O–H groups in total. The Morgan fingerprint density at radius 1 is 0.938 bits per heavy atom. The molecule has 0 aliphatic carbocycles. The third-order valence-electron chi connectivity index (χ3n) is 4.52. The zero-order valence-corrected chi connectivity index (χ0v) is 19.9. The number of carbonyl (C=O) groups is 2. The predicted molar refractivity (Wildman–Crippen MR) is 132 cm³/mol. The molecule has 32 heavy (non-hydrogen) atoms. The number of benzene rings is 3. The SMILES string of the molecule is CCC(Sc1cccc(NC(=O)c2ccc(OC)cc2)c1)C(=O)Nc1cc(Cl)cc(Cl)c1. The van der Waals surface area contributed by atoms with Crippen molar-refractivity contribution in [1.29, 1.82) is 0 Å². The minimum Gasteiger partial charge on any atom is -0.497 e. The minimum absolute atomic E-state index is 0.150. The number of rotatable bonds is 8. The molecule has 1 unspecified atom stereocenters. The summed E-state index contributed by atoms with van der Waals surface area (Å²) in [5.41, 5.74) is 1.72. The summed E-state index contributed by atoms with van der Waals surface area (Å²) in [4.78, 5) is 26.2. The van der Waals surface area contributed by atoms with Gasteiger partial charge in [0.1, 0.15) is 5.75 Å². The van der Waals surface area contributed by atoms with E-state index in [2.05, 4.69) is 10.6 Å². The predicted octanol–water partition coefficient (Wildman–Crippen LogP) is 6.76. The Bertz CT molecular complexity index is 1090. The summed E-state index contributed by atoms with van der Waals surface area (Å²) >= 11 is 13.4. The minimum atomic E-state index is -0.333. The smallest absolute Gasteiger partial charge is 0.255 e.